The first kappa shape index (κ1) is 31.4. The van der Waals surface area contributed by atoms with Gasteiger partial charge in [-0.3, -0.25) is 19.6 Å². The average Bonchev–Trinajstić information content (AvgIpc) is 2.86. The summed E-state index contributed by atoms with van der Waals surface area (Å²) in [4.78, 5) is 40.1. The molecular formula is C22H27Cl2N5O6. The van der Waals surface area contributed by atoms with Crippen LogP contribution >= 0.6 is 23.2 Å². The summed E-state index contributed by atoms with van der Waals surface area (Å²) in [5.41, 5.74) is 6.14. The third-order valence-electron chi connectivity index (χ3n) is 3.26. The Morgan fingerprint density at radius 3 is 2.06 bits per heavy atom. The SMILES string of the molecule is CCOC(=O)C(N=Nc1cccnc1)=C(O)CCl.CCOC(=O)CC(=O)CCl.Nc1cccnc1. The number of aliphatic hydroxyl groups is 1. The van der Waals surface area contributed by atoms with Gasteiger partial charge in [0.2, 0.25) is 5.70 Å². The number of ketones is 1. The van der Waals surface area contributed by atoms with E-state index in [9.17, 15) is 19.5 Å². The maximum atomic E-state index is 11.5. The van der Waals surface area contributed by atoms with Crippen molar-refractivity contribution in [3.8, 4) is 0 Å². The van der Waals surface area contributed by atoms with E-state index in [1.807, 2.05) is 0 Å². The van der Waals surface area contributed by atoms with Crippen LogP contribution in [-0.2, 0) is 23.9 Å². The zero-order chi connectivity index (χ0) is 26.5. The number of esters is 2. The zero-order valence-electron chi connectivity index (χ0n) is 19.3. The molecule has 0 aromatic carbocycles. The smallest absolute Gasteiger partial charge is 0.362 e. The van der Waals surface area contributed by atoms with E-state index in [2.05, 4.69) is 24.9 Å². The van der Waals surface area contributed by atoms with Gasteiger partial charge in [0.1, 0.15) is 17.9 Å². The zero-order valence-corrected chi connectivity index (χ0v) is 20.8. The number of aromatic nitrogens is 2. The Hall–Kier alpha value is -3.57. The Bertz CT molecular complexity index is 959. The van der Waals surface area contributed by atoms with Gasteiger partial charge in [-0.15, -0.1) is 33.4 Å². The molecule has 35 heavy (non-hydrogen) atoms. The highest BCUT2D eigenvalue weighted by Gasteiger charge is 2.16. The van der Waals surface area contributed by atoms with Crippen LogP contribution in [0.5, 0.6) is 0 Å². The molecule has 0 atom stereocenters. The van der Waals surface area contributed by atoms with E-state index in [-0.39, 0.29) is 42.0 Å². The van der Waals surface area contributed by atoms with E-state index >= 15 is 0 Å². The minimum absolute atomic E-state index is 0.126. The van der Waals surface area contributed by atoms with E-state index in [4.69, 9.17) is 33.7 Å². The highest BCUT2D eigenvalue weighted by atomic mass is 35.5. The normalized spacial score (nSPS) is 10.6. The number of azo groups is 1. The molecule has 0 unspecified atom stereocenters. The van der Waals surface area contributed by atoms with Gasteiger partial charge in [0, 0.05) is 18.6 Å². The maximum Gasteiger partial charge on any atom is 0.362 e. The van der Waals surface area contributed by atoms with Crippen molar-refractivity contribution in [2.45, 2.75) is 20.3 Å². The molecule has 2 heterocycles. The van der Waals surface area contributed by atoms with Crippen molar-refractivity contribution in [2.75, 3.05) is 30.7 Å². The molecule has 0 fully saturated rings. The van der Waals surface area contributed by atoms with Crippen molar-refractivity contribution in [1.82, 2.24) is 9.97 Å². The summed E-state index contributed by atoms with van der Waals surface area (Å²) < 4.78 is 9.23. The Labute approximate surface area is 213 Å². The second-order valence-corrected chi connectivity index (χ2v) is 6.54. The molecule has 13 heteroatoms. The van der Waals surface area contributed by atoms with Crippen molar-refractivity contribution < 1.29 is 29.0 Å². The molecule has 0 amide bonds. The number of ether oxygens (including phenoxy) is 2. The molecule has 0 bridgehead atoms. The molecule has 0 saturated carbocycles. The molecule has 0 saturated heterocycles. The lowest BCUT2D eigenvalue weighted by atomic mass is 10.3. The minimum atomic E-state index is -0.775. The van der Waals surface area contributed by atoms with Crippen molar-refractivity contribution >= 4 is 52.3 Å². The van der Waals surface area contributed by atoms with Crippen molar-refractivity contribution in [3.63, 3.8) is 0 Å². The van der Waals surface area contributed by atoms with Gasteiger partial charge in [0.05, 0.1) is 36.9 Å². The van der Waals surface area contributed by atoms with Gasteiger partial charge in [-0.2, -0.15) is 0 Å². The molecule has 0 aliphatic carbocycles. The number of hydrogen-bond acceptors (Lipinski definition) is 11. The quantitative estimate of drug-likeness (QED) is 0.121. The van der Waals surface area contributed by atoms with Gasteiger partial charge in [0.25, 0.3) is 0 Å². The molecule has 190 valence electrons. The Kier molecular flexibility index (Phi) is 17.8. The predicted molar refractivity (Wildman–Crippen MR) is 131 cm³/mol. The molecule has 0 aliphatic heterocycles. The molecule has 2 rings (SSSR count). The van der Waals surface area contributed by atoms with Crippen molar-refractivity contribution in [2.24, 2.45) is 10.2 Å². The topological polar surface area (TPSA) is 166 Å². The number of halogens is 2. The summed E-state index contributed by atoms with van der Waals surface area (Å²) in [7, 11) is 0. The average molecular weight is 528 g/mol. The van der Waals surface area contributed by atoms with Gasteiger partial charge in [-0.25, -0.2) is 4.79 Å². The summed E-state index contributed by atoms with van der Waals surface area (Å²) >= 11 is 10.6. The highest BCUT2D eigenvalue weighted by Crippen LogP contribution is 2.14. The number of alkyl halides is 2. The van der Waals surface area contributed by atoms with Crippen LogP contribution in [0.3, 0.4) is 0 Å². The lowest BCUT2D eigenvalue weighted by Gasteiger charge is -2.02. The first-order chi connectivity index (χ1) is 16.8. The number of anilines is 1. The Morgan fingerprint density at radius 2 is 1.63 bits per heavy atom. The number of rotatable bonds is 9. The van der Waals surface area contributed by atoms with Gasteiger partial charge < -0.3 is 20.3 Å². The number of aliphatic hydroxyl groups excluding tert-OH is 1. The first-order valence-corrected chi connectivity index (χ1v) is 11.2. The van der Waals surface area contributed by atoms with Crippen LogP contribution in [0.15, 0.2) is 70.7 Å². The molecule has 0 aliphatic rings. The second kappa shape index (κ2) is 19.9. The monoisotopic (exact) mass is 527 g/mol. The fourth-order valence-electron chi connectivity index (χ4n) is 1.80. The van der Waals surface area contributed by atoms with Crippen LogP contribution in [-0.4, -0.2) is 57.8 Å². The number of carbonyl (C=O) groups is 3. The molecule has 2 aromatic heterocycles. The van der Waals surface area contributed by atoms with Crippen molar-refractivity contribution in [3.05, 3.63) is 60.5 Å². The molecule has 0 radical (unpaired) electrons. The summed E-state index contributed by atoms with van der Waals surface area (Å²) in [6, 6.07) is 6.92. The van der Waals surface area contributed by atoms with E-state index < -0.39 is 11.9 Å². The maximum absolute atomic E-state index is 11.5. The van der Waals surface area contributed by atoms with Crippen LogP contribution < -0.4 is 5.73 Å². The van der Waals surface area contributed by atoms with E-state index in [0.29, 0.717) is 18.0 Å². The molecule has 2 aromatic rings. The predicted octanol–water partition coefficient (Wildman–Crippen LogP) is 4.15. The Morgan fingerprint density at radius 1 is 1.00 bits per heavy atom. The molecule has 0 spiro atoms. The van der Waals surface area contributed by atoms with Crippen LogP contribution in [0, 0.1) is 0 Å². The van der Waals surface area contributed by atoms with Crippen molar-refractivity contribution in [1.29, 1.82) is 0 Å². The number of allylic oxidation sites excluding steroid dienone is 1. The number of carbonyl (C=O) groups excluding carboxylic acids is 3. The first-order valence-electron chi connectivity index (χ1n) is 10.1. The van der Waals surface area contributed by atoms with Crippen LogP contribution in [0.1, 0.15) is 20.3 Å². The number of pyridine rings is 2. The van der Waals surface area contributed by atoms with Gasteiger partial charge in [0.15, 0.2) is 5.78 Å². The lowest BCUT2D eigenvalue weighted by Crippen LogP contribution is -2.11. The molecular weight excluding hydrogens is 501 g/mol. The van der Waals surface area contributed by atoms with Crippen LogP contribution in [0.25, 0.3) is 0 Å². The van der Waals surface area contributed by atoms with Gasteiger partial charge >= 0.3 is 11.9 Å². The van der Waals surface area contributed by atoms with Gasteiger partial charge in [-0.05, 0) is 38.1 Å². The van der Waals surface area contributed by atoms with E-state index in [1.54, 1.807) is 56.7 Å². The summed E-state index contributed by atoms with van der Waals surface area (Å²) in [5, 5.41) is 16.9. The summed E-state index contributed by atoms with van der Waals surface area (Å²) in [6.07, 6.45) is 6.13. The number of Topliss-reactive ketones (excluding diaryl/α,β-unsaturated/α-hetero) is 1. The number of nitrogens with zero attached hydrogens (tertiary/aromatic N) is 4. The largest absolute Gasteiger partial charge is 0.508 e. The third-order valence-corrected chi connectivity index (χ3v) is 3.81. The number of hydrogen-bond donors (Lipinski definition) is 2. The minimum Gasteiger partial charge on any atom is -0.508 e. The summed E-state index contributed by atoms with van der Waals surface area (Å²) in [5.74, 6) is -2.35. The fourth-order valence-corrected chi connectivity index (χ4v) is 2.02. The number of nitrogen functional groups attached to an aromatic ring is 1. The molecule has 11 nitrogen and oxygen atoms in total. The third kappa shape index (κ3) is 15.8. The standard InChI is InChI=1S/C11H12ClN3O3.C6H9ClO3.C5H6N2/c1-2-18-11(17)10(9(16)6-12)15-14-8-4-3-5-13-7-8;1-2-10-6(9)3-5(8)4-7;6-5-2-1-3-7-4-5/h3-5,7,16H,2,6H2,1H3;2-4H2,1H3;1-4H,6H2. The van der Waals surface area contributed by atoms with Gasteiger partial charge in [-0.1, -0.05) is 0 Å². The lowest BCUT2D eigenvalue weighted by molar-refractivity contribution is -0.145. The van der Waals surface area contributed by atoms with E-state index in [1.165, 1.54) is 6.20 Å². The molecule has 3 N–H and O–H groups in total. The Balaban J connectivity index is 0.000000567. The highest BCUT2D eigenvalue weighted by molar-refractivity contribution is 6.28. The fraction of sp³-hybridized carbons (Fsp3) is 0.318. The van der Waals surface area contributed by atoms with E-state index in [0.717, 1.165) is 0 Å². The van der Waals surface area contributed by atoms with Crippen LogP contribution in [0.4, 0.5) is 11.4 Å². The number of nitrogens with two attached hydrogens (primary N) is 1. The second-order valence-electron chi connectivity index (χ2n) is 6.00. The summed E-state index contributed by atoms with van der Waals surface area (Å²) in [6.45, 7) is 3.79. The van der Waals surface area contributed by atoms with Crippen LogP contribution in [0.2, 0.25) is 0 Å².